The van der Waals surface area contributed by atoms with Crippen molar-refractivity contribution in [3.63, 3.8) is 0 Å². The van der Waals surface area contributed by atoms with E-state index in [1.165, 1.54) is 10.7 Å². The van der Waals surface area contributed by atoms with Crippen LogP contribution in [0.3, 0.4) is 0 Å². The van der Waals surface area contributed by atoms with E-state index in [4.69, 9.17) is 10.2 Å². The molecule has 12 amide bonds. The number of urea groups is 3. The highest BCUT2D eigenvalue weighted by molar-refractivity contribution is 6.04. The highest BCUT2D eigenvalue weighted by atomic mass is 19.4. The van der Waals surface area contributed by atoms with Gasteiger partial charge in [0.1, 0.15) is 5.82 Å². The van der Waals surface area contributed by atoms with Crippen molar-refractivity contribution in [2.45, 2.75) is 242 Å². The number of halogens is 4. The first-order valence-electron chi connectivity index (χ1n) is 50.8. The molecule has 0 fully saturated rings. The number of amides is 12. The number of benzene rings is 8. The van der Waals surface area contributed by atoms with E-state index in [9.17, 15) is 76.0 Å². The summed E-state index contributed by atoms with van der Waals surface area (Å²) in [6, 6.07) is 52.4. The lowest BCUT2D eigenvalue weighted by Gasteiger charge is -2.36. The maximum absolute atomic E-state index is 14.5. The van der Waals surface area contributed by atoms with Crippen LogP contribution in [0.15, 0.2) is 194 Å². The Labute approximate surface area is 851 Å². The molecule has 0 saturated heterocycles. The van der Waals surface area contributed by atoms with Crippen molar-refractivity contribution in [3.05, 3.63) is 301 Å². The molecule has 3 aliphatic rings. The van der Waals surface area contributed by atoms with Crippen LogP contribution in [-0.4, -0.2) is 211 Å². The van der Waals surface area contributed by atoms with E-state index in [0.29, 0.717) is 152 Å². The van der Waals surface area contributed by atoms with Gasteiger partial charge in [0.15, 0.2) is 17.1 Å². The number of fused-ring (bicyclic) bond motifs is 3. The second-order valence-corrected chi connectivity index (χ2v) is 37.8. The van der Waals surface area contributed by atoms with Crippen molar-refractivity contribution in [3.8, 4) is 17.1 Å². The second-order valence-electron chi connectivity index (χ2n) is 37.8. The standard InChI is InChI=1S/C39H44F4N6O4.C39H48N6O4.C34H46N6O4/c1-4-6-16-47(17-7-5-2)37(52)34-18-25(3)49(46-34)35-15-13-29(45-38(53)44-22-26-12-14-32(33(40)19-26)39(41,42)43)21-31(35)36(51)48-23-28-11-9-8-10-27(28)20-30(48)24-50;1-5-7-20-43(21-8-6-2)38(48)35-22-27(3)45(42-35)36-19-18-32(41-39(49)40-28(4)29-14-10-9-11-15-29)24-34(36)37(47)44-25-31-17-13-12-16-30(31)23-33(44)26-46;1-6-8-16-38(17-9-7-2)33(43)30-18-24(5)40(37-30)31-15-14-27(36-34(44)35-23(3)4)20-29(31)32(42)39-21-26-13-11-10-12-25(26)19-28(39)22-41/h8-15,18-19,21,30,50H,4-7,16-17,20,22-24H2,1-3H3,(H2,44,45,53);9-19,22,24,28,33,46H,5-8,20-21,23,25-26H2,1-4H3,(H2,40,41,49);10-15,18,20,23,28,41H,6-9,16-17,19,21-22H2,1-5H3,(H2,35,36,44)/t30-;28-,33+;28-/m010/s1. The highest BCUT2D eigenvalue weighted by Gasteiger charge is 2.39. The van der Waals surface area contributed by atoms with Crippen LogP contribution in [0.5, 0.6) is 0 Å². The molecule has 0 radical (unpaired) electrons. The Balaban J connectivity index is 0.000000196. The zero-order valence-corrected chi connectivity index (χ0v) is 85.6. The molecular formula is C112H138F4N18O12. The SMILES string of the molecule is CCCCN(CCCC)C(=O)c1cc(C)n(-c2ccc(NC(=O)NC(C)C)cc2C(=O)N2Cc3ccccc3C[C@H]2CO)n1.CCCCN(CCCC)C(=O)c1cc(C)n(-c2ccc(NC(=O)NCc3ccc(C(F)(F)F)c(F)c3)cc2C(=O)N2Cc3ccccc3C[C@H]2CO)n1.CCCCN(CCCC)C(=O)c1cc(C)n(-c2ccc(NC(=O)N[C@H](C)c3ccccc3)cc2C(=O)N2Cc3ccccc3C[C@H]2CO)n1. The molecule has 4 atom stereocenters. The lowest BCUT2D eigenvalue weighted by atomic mass is 9.93. The van der Waals surface area contributed by atoms with Crippen molar-refractivity contribution >= 4 is 70.6 Å². The quantitative estimate of drug-likeness (QED) is 0.0162. The summed E-state index contributed by atoms with van der Waals surface area (Å²) in [6.45, 7) is 27.5. The largest absolute Gasteiger partial charge is 0.419 e. The molecule has 11 aromatic rings. The Morgan fingerprint density at radius 2 is 0.699 bits per heavy atom. The number of hydrogen-bond acceptors (Lipinski definition) is 15. The number of carbonyl (C=O) groups is 9. The number of alkyl halides is 3. The Bertz CT molecular complexity index is 6330. The van der Waals surface area contributed by atoms with Crippen molar-refractivity contribution in [2.24, 2.45) is 0 Å². The summed E-state index contributed by atoms with van der Waals surface area (Å²) in [5.41, 5.74) is 11.9. The van der Waals surface area contributed by atoms with Crippen molar-refractivity contribution < 1.29 is 76.0 Å². The molecule has 34 heteroatoms. The molecule has 0 bridgehead atoms. The van der Waals surface area contributed by atoms with Crippen LogP contribution in [0, 0.1) is 26.6 Å². The summed E-state index contributed by atoms with van der Waals surface area (Å²) in [4.78, 5) is 133. The smallest absolute Gasteiger partial charge is 0.394 e. The molecule has 0 aliphatic carbocycles. The number of carbonyl (C=O) groups excluding carboxylic acids is 9. The van der Waals surface area contributed by atoms with Gasteiger partial charge in [0.05, 0.1) is 83.3 Å². The predicted octanol–water partition coefficient (Wildman–Crippen LogP) is 19.2. The fourth-order valence-electron chi connectivity index (χ4n) is 18.2. The minimum Gasteiger partial charge on any atom is -0.394 e. The normalized spacial score (nSPS) is 14.3. The van der Waals surface area contributed by atoms with E-state index >= 15 is 0 Å². The van der Waals surface area contributed by atoms with E-state index in [1.807, 2.05) is 148 Å². The molecule has 9 N–H and O–H groups in total. The maximum atomic E-state index is 14.5. The lowest BCUT2D eigenvalue weighted by molar-refractivity contribution is -0.140. The van der Waals surface area contributed by atoms with E-state index in [2.05, 4.69) is 78.5 Å². The molecule has 3 aliphatic heterocycles. The van der Waals surface area contributed by atoms with Crippen LogP contribution in [0.2, 0.25) is 0 Å². The lowest BCUT2D eigenvalue weighted by Crippen LogP contribution is -2.46. The summed E-state index contributed by atoms with van der Waals surface area (Å²) in [5.74, 6) is -2.96. The Morgan fingerprint density at radius 3 is 1.00 bits per heavy atom. The average molecular weight is 2000 g/mol. The second kappa shape index (κ2) is 52.4. The van der Waals surface area contributed by atoms with E-state index in [-0.39, 0.29) is 103 Å². The Morgan fingerprint density at radius 1 is 0.390 bits per heavy atom. The topological polar surface area (TPSA) is 359 Å². The first-order valence-corrected chi connectivity index (χ1v) is 50.8. The third-order valence-corrected chi connectivity index (χ3v) is 26.3. The minimum absolute atomic E-state index is 0.0639. The van der Waals surface area contributed by atoms with Crippen LogP contribution < -0.4 is 31.9 Å². The zero-order valence-electron chi connectivity index (χ0n) is 85.6. The van der Waals surface area contributed by atoms with Gasteiger partial charge in [0, 0.05) is 106 Å². The monoisotopic (exact) mass is 2000 g/mol. The third kappa shape index (κ3) is 28.2. The summed E-state index contributed by atoms with van der Waals surface area (Å²) >= 11 is 0. The van der Waals surface area contributed by atoms with Gasteiger partial charge in [0.2, 0.25) is 0 Å². The maximum Gasteiger partial charge on any atom is 0.419 e. The van der Waals surface area contributed by atoms with Crippen LogP contribution in [0.1, 0.15) is 275 Å². The molecule has 6 heterocycles. The number of nitrogens with one attached hydrogen (secondary N) is 6. The molecule has 0 unspecified atom stereocenters. The molecule has 14 rings (SSSR count). The van der Waals surface area contributed by atoms with E-state index < -0.39 is 53.7 Å². The fraction of sp³-hybridized carbons (Fsp3) is 0.411. The molecule has 8 aromatic carbocycles. The molecule has 146 heavy (non-hydrogen) atoms. The number of anilines is 3. The number of hydrogen-bond donors (Lipinski definition) is 9. The molecule has 776 valence electrons. The number of nitrogens with zero attached hydrogens (tertiary/aromatic N) is 12. The first-order chi connectivity index (χ1) is 70.2. The summed E-state index contributed by atoms with van der Waals surface area (Å²) in [5, 5.41) is 61.8. The van der Waals surface area contributed by atoms with Gasteiger partial charge in [0.25, 0.3) is 35.4 Å². The highest BCUT2D eigenvalue weighted by Crippen LogP contribution is 2.37. The third-order valence-electron chi connectivity index (χ3n) is 26.3. The van der Waals surface area contributed by atoms with Gasteiger partial charge in [-0.1, -0.05) is 189 Å². The Hall–Kier alpha value is -14.4. The van der Waals surface area contributed by atoms with Crippen LogP contribution in [-0.2, 0) is 51.6 Å². The van der Waals surface area contributed by atoms with E-state index in [0.717, 1.165) is 122 Å². The number of aliphatic hydroxyl groups excluding tert-OH is 3. The minimum atomic E-state index is -4.85. The van der Waals surface area contributed by atoms with E-state index in [1.54, 1.807) is 103 Å². The van der Waals surface area contributed by atoms with Gasteiger partial charge in [-0.3, -0.25) is 28.8 Å². The molecule has 0 saturated carbocycles. The zero-order chi connectivity index (χ0) is 105. The summed E-state index contributed by atoms with van der Waals surface area (Å²) < 4.78 is 57.8. The fourth-order valence-corrected chi connectivity index (χ4v) is 18.2. The number of aromatic nitrogens is 6. The molecular weight excluding hydrogens is 1870 g/mol. The van der Waals surface area contributed by atoms with Gasteiger partial charge in [-0.15, -0.1) is 0 Å². The summed E-state index contributed by atoms with van der Waals surface area (Å²) in [6.07, 6.45) is 7.78. The van der Waals surface area contributed by atoms with Gasteiger partial charge >= 0.3 is 24.3 Å². The van der Waals surface area contributed by atoms with Gasteiger partial charge in [-0.2, -0.15) is 28.5 Å². The predicted molar refractivity (Wildman–Crippen MR) is 556 cm³/mol. The number of rotatable bonds is 38. The molecule has 3 aromatic heterocycles. The van der Waals surface area contributed by atoms with Gasteiger partial charge < -0.3 is 76.6 Å². The summed E-state index contributed by atoms with van der Waals surface area (Å²) in [7, 11) is 0. The van der Waals surface area contributed by atoms with Crippen LogP contribution in [0.25, 0.3) is 17.1 Å². The number of aryl methyl sites for hydroxylation is 3. The average Bonchev–Trinajstić information content (AvgIpc) is 1.24. The van der Waals surface area contributed by atoms with Gasteiger partial charge in [-0.05, 0) is 229 Å². The Kier molecular flexibility index (Phi) is 39.6. The number of unbranched alkanes of at least 4 members (excludes halogenated alkanes) is 6. The van der Waals surface area contributed by atoms with Gasteiger partial charge in [-0.25, -0.2) is 32.8 Å². The first kappa shape index (κ1) is 110. The van der Waals surface area contributed by atoms with Crippen molar-refractivity contribution in [1.82, 2.24) is 74.7 Å². The van der Waals surface area contributed by atoms with Crippen molar-refractivity contribution in [1.29, 1.82) is 0 Å². The number of aliphatic hydroxyl groups is 3. The molecule has 30 nitrogen and oxygen atoms in total. The van der Waals surface area contributed by atoms with Crippen molar-refractivity contribution in [2.75, 3.05) is 75.0 Å². The van der Waals surface area contributed by atoms with Crippen LogP contribution >= 0.6 is 0 Å². The van der Waals surface area contributed by atoms with Crippen LogP contribution in [0.4, 0.5) is 49.0 Å². The molecule has 0 spiro atoms.